The fraction of sp³-hybridized carbons (Fsp3) is 0.391. The van der Waals surface area contributed by atoms with Crippen molar-refractivity contribution in [2.75, 3.05) is 5.75 Å². The number of amides is 2. The number of carbonyl (C=O) groups excluding carboxylic acids is 2. The van der Waals surface area contributed by atoms with Crippen molar-refractivity contribution in [3.63, 3.8) is 0 Å². The lowest BCUT2D eigenvalue weighted by Gasteiger charge is -2.29. The van der Waals surface area contributed by atoms with Crippen LogP contribution in [0.5, 0.6) is 0 Å². The second-order valence-corrected chi connectivity index (χ2v) is 8.73. The van der Waals surface area contributed by atoms with Gasteiger partial charge in [-0.3, -0.25) is 9.59 Å². The molecule has 0 aromatic heterocycles. The summed E-state index contributed by atoms with van der Waals surface area (Å²) in [5.74, 6) is 0.0664. The SMILES string of the molecule is CC[C@H](C)NC(=O)[C@@H](C)N(Cc1ccc(Cl)cc1)C(=O)CSc1ccc(C)cc1. The first-order valence-corrected chi connectivity index (χ1v) is 11.2. The summed E-state index contributed by atoms with van der Waals surface area (Å²) >= 11 is 7.46. The Morgan fingerprint density at radius 1 is 1.07 bits per heavy atom. The van der Waals surface area contributed by atoms with Crippen LogP contribution in [0.2, 0.25) is 5.02 Å². The van der Waals surface area contributed by atoms with Crippen LogP contribution in [0.3, 0.4) is 0 Å². The van der Waals surface area contributed by atoms with Gasteiger partial charge in [-0.1, -0.05) is 48.4 Å². The lowest BCUT2D eigenvalue weighted by molar-refractivity contribution is -0.138. The summed E-state index contributed by atoms with van der Waals surface area (Å²) in [6, 6.07) is 14.9. The van der Waals surface area contributed by atoms with Crippen molar-refractivity contribution in [2.45, 2.75) is 57.6 Å². The number of aryl methyl sites for hydroxylation is 1. The molecule has 1 N–H and O–H groups in total. The van der Waals surface area contributed by atoms with E-state index in [2.05, 4.69) is 5.32 Å². The Bertz CT molecular complexity index is 809. The number of halogens is 1. The summed E-state index contributed by atoms with van der Waals surface area (Å²) in [6.07, 6.45) is 0.840. The minimum atomic E-state index is -0.564. The van der Waals surface area contributed by atoms with Crippen LogP contribution >= 0.6 is 23.4 Å². The molecular formula is C23H29ClN2O2S. The summed E-state index contributed by atoms with van der Waals surface area (Å²) in [4.78, 5) is 28.4. The van der Waals surface area contributed by atoms with Gasteiger partial charge in [-0.25, -0.2) is 0 Å². The van der Waals surface area contributed by atoms with Crippen molar-refractivity contribution in [3.8, 4) is 0 Å². The van der Waals surface area contributed by atoms with Gasteiger partial charge in [0.15, 0.2) is 0 Å². The molecule has 0 spiro atoms. The molecule has 2 atom stereocenters. The van der Waals surface area contributed by atoms with Crippen LogP contribution in [0.15, 0.2) is 53.4 Å². The van der Waals surface area contributed by atoms with Gasteiger partial charge in [-0.15, -0.1) is 11.8 Å². The van der Waals surface area contributed by atoms with E-state index in [0.717, 1.165) is 16.9 Å². The van der Waals surface area contributed by atoms with E-state index in [-0.39, 0.29) is 23.6 Å². The molecule has 2 amide bonds. The van der Waals surface area contributed by atoms with Crippen LogP contribution in [0.1, 0.15) is 38.3 Å². The number of carbonyl (C=O) groups is 2. The van der Waals surface area contributed by atoms with Gasteiger partial charge in [0.2, 0.25) is 11.8 Å². The van der Waals surface area contributed by atoms with Gasteiger partial charge in [0.1, 0.15) is 6.04 Å². The lowest BCUT2D eigenvalue weighted by Crippen LogP contribution is -2.50. The Labute approximate surface area is 183 Å². The van der Waals surface area contributed by atoms with Crippen LogP contribution in [0.4, 0.5) is 0 Å². The quantitative estimate of drug-likeness (QED) is 0.562. The van der Waals surface area contributed by atoms with E-state index in [9.17, 15) is 9.59 Å². The first-order chi connectivity index (χ1) is 13.8. The van der Waals surface area contributed by atoms with E-state index >= 15 is 0 Å². The molecule has 0 aliphatic rings. The molecule has 2 aromatic rings. The monoisotopic (exact) mass is 432 g/mol. The van der Waals surface area contributed by atoms with E-state index < -0.39 is 6.04 Å². The van der Waals surface area contributed by atoms with Crippen LogP contribution < -0.4 is 5.32 Å². The van der Waals surface area contributed by atoms with Gasteiger partial charge in [0, 0.05) is 22.5 Å². The first-order valence-electron chi connectivity index (χ1n) is 9.84. The highest BCUT2D eigenvalue weighted by atomic mass is 35.5. The summed E-state index contributed by atoms with van der Waals surface area (Å²) < 4.78 is 0. The third-order valence-corrected chi connectivity index (χ3v) is 6.07. The fourth-order valence-corrected chi connectivity index (χ4v) is 3.61. The third kappa shape index (κ3) is 7.41. The molecule has 6 heteroatoms. The molecule has 29 heavy (non-hydrogen) atoms. The molecule has 2 rings (SSSR count). The molecule has 0 heterocycles. The third-order valence-electron chi connectivity index (χ3n) is 4.82. The fourth-order valence-electron chi connectivity index (χ4n) is 2.70. The van der Waals surface area contributed by atoms with E-state index in [1.54, 1.807) is 24.0 Å². The number of hydrogen-bond donors (Lipinski definition) is 1. The van der Waals surface area contributed by atoms with Gasteiger partial charge >= 0.3 is 0 Å². The van der Waals surface area contributed by atoms with Gasteiger partial charge in [-0.05, 0) is 57.0 Å². The van der Waals surface area contributed by atoms with Gasteiger partial charge in [0.05, 0.1) is 5.75 Å². The molecule has 0 saturated carbocycles. The number of rotatable bonds is 9. The standard InChI is InChI=1S/C23H29ClN2O2S/c1-5-17(3)25-23(28)18(4)26(14-19-8-10-20(24)11-9-19)22(27)15-29-21-12-6-16(2)7-13-21/h6-13,17-18H,5,14-15H2,1-4H3,(H,25,28)/t17-,18+/m0/s1. The van der Waals surface area contributed by atoms with Crippen molar-refractivity contribution in [3.05, 3.63) is 64.7 Å². The molecule has 0 aliphatic heterocycles. The predicted octanol–water partition coefficient (Wildman–Crippen LogP) is 5.07. The molecule has 0 radical (unpaired) electrons. The lowest BCUT2D eigenvalue weighted by atomic mass is 10.1. The minimum absolute atomic E-state index is 0.0689. The highest BCUT2D eigenvalue weighted by molar-refractivity contribution is 8.00. The Kier molecular flexibility index (Phi) is 9.05. The smallest absolute Gasteiger partial charge is 0.242 e. The van der Waals surface area contributed by atoms with Crippen LogP contribution in [-0.2, 0) is 16.1 Å². The molecule has 0 fully saturated rings. The molecule has 156 valence electrons. The normalized spacial score (nSPS) is 12.9. The number of nitrogens with one attached hydrogen (secondary N) is 1. The van der Waals surface area contributed by atoms with Crippen molar-refractivity contribution in [2.24, 2.45) is 0 Å². The topological polar surface area (TPSA) is 49.4 Å². The van der Waals surface area contributed by atoms with Crippen molar-refractivity contribution < 1.29 is 9.59 Å². The number of benzene rings is 2. The van der Waals surface area contributed by atoms with E-state index in [4.69, 9.17) is 11.6 Å². The minimum Gasteiger partial charge on any atom is -0.352 e. The average Bonchev–Trinajstić information content (AvgIpc) is 2.72. The predicted molar refractivity (Wildman–Crippen MR) is 121 cm³/mol. The van der Waals surface area contributed by atoms with E-state index in [0.29, 0.717) is 11.6 Å². The Morgan fingerprint density at radius 2 is 1.69 bits per heavy atom. The van der Waals surface area contributed by atoms with Gasteiger partial charge in [0.25, 0.3) is 0 Å². The zero-order valence-corrected chi connectivity index (χ0v) is 19.0. The van der Waals surface area contributed by atoms with Gasteiger partial charge in [-0.2, -0.15) is 0 Å². The highest BCUT2D eigenvalue weighted by Crippen LogP contribution is 2.21. The molecule has 0 saturated heterocycles. The Hall–Kier alpha value is -1.98. The zero-order valence-electron chi connectivity index (χ0n) is 17.4. The van der Waals surface area contributed by atoms with E-state index in [1.807, 2.05) is 57.2 Å². The second-order valence-electron chi connectivity index (χ2n) is 7.24. The second kappa shape index (κ2) is 11.3. The highest BCUT2D eigenvalue weighted by Gasteiger charge is 2.26. The summed E-state index contributed by atoms with van der Waals surface area (Å²) in [7, 11) is 0. The number of hydrogen-bond acceptors (Lipinski definition) is 3. The summed E-state index contributed by atoms with van der Waals surface area (Å²) in [5, 5.41) is 3.62. The van der Waals surface area contributed by atoms with Crippen LogP contribution in [0.25, 0.3) is 0 Å². The molecule has 2 aromatic carbocycles. The maximum absolute atomic E-state index is 13.1. The molecule has 0 bridgehead atoms. The largest absolute Gasteiger partial charge is 0.352 e. The number of nitrogens with zero attached hydrogens (tertiary/aromatic N) is 1. The average molecular weight is 433 g/mol. The van der Waals surface area contributed by atoms with Crippen molar-refractivity contribution >= 4 is 35.2 Å². The molecule has 4 nitrogen and oxygen atoms in total. The summed E-state index contributed by atoms with van der Waals surface area (Å²) in [5.41, 5.74) is 2.12. The first kappa shape index (κ1) is 23.3. The molecule has 0 aliphatic carbocycles. The maximum Gasteiger partial charge on any atom is 0.242 e. The summed E-state index contributed by atoms with van der Waals surface area (Å²) in [6.45, 7) is 8.15. The van der Waals surface area contributed by atoms with Crippen LogP contribution in [0, 0.1) is 6.92 Å². The number of thioether (sulfide) groups is 1. The maximum atomic E-state index is 13.1. The Balaban J connectivity index is 2.13. The van der Waals surface area contributed by atoms with E-state index in [1.165, 1.54) is 17.3 Å². The van der Waals surface area contributed by atoms with Crippen LogP contribution in [-0.4, -0.2) is 34.6 Å². The van der Waals surface area contributed by atoms with Crippen molar-refractivity contribution in [1.29, 1.82) is 0 Å². The van der Waals surface area contributed by atoms with Gasteiger partial charge < -0.3 is 10.2 Å². The Morgan fingerprint density at radius 3 is 2.28 bits per heavy atom. The molecular weight excluding hydrogens is 404 g/mol. The van der Waals surface area contributed by atoms with Crippen molar-refractivity contribution in [1.82, 2.24) is 10.2 Å². The molecule has 0 unspecified atom stereocenters. The zero-order chi connectivity index (χ0) is 21.4.